The average Bonchev–Trinajstić information content (AvgIpc) is 2.06. The minimum absolute atomic E-state index is 0.490. The van der Waals surface area contributed by atoms with E-state index in [1.165, 1.54) is 12.7 Å². The number of hydrogen-bond donors (Lipinski definition) is 3. The number of nitrogens with zero attached hydrogens (tertiary/aromatic N) is 2. The average molecular weight is 167 g/mol. The summed E-state index contributed by atoms with van der Waals surface area (Å²) >= 11 is 4.93. The van der Waals surface area contributed by atoms with E-state index in [0.717, 1.165) is 5.82 Å². The number of H-pyrrole nitrogens is 1. The Hall–Kier alpha value is -1.43. The van der Waals surface area contributed by atoms with Crippen LogP contribution in [0.5, 0.6) is 0 Å². The molecule has 1 aromatic rings. The lowest BCUT2D eigenvalue weighted by Gasteiger charge is -2.11. The van der Waals surface area contributed by atoms with Gasteiger partial charge in [0.05, 0.1) is 6.33 Å². The van der Waals surface area contributed by atoms with Crippen molar-refractivity contribution < 1.29 is 0 Å². The maximum Gasteiger partial charge on any atom is 0.157 e. The van der Waals surface area contributed by atoms with E-state index in [-0.39, 0.29) is 0 Å². The number of fused-ring (bicyclic) bond motifs is 1. The molecule has 0 radical (unpaired) electrons. The number of aromatic nitrogens is 2. The van der Waals surface area contributed by atoms with E-state index >= 15 is 0 Å². The van der Waals surface area contributed by atoms with Gasteiger partial charge in [0, 0.05) is 0 Å². The third-order valence-corrected chi connectivity index (χ3v) is 1.58. The molecule has 2 rings (SSSR count). The van der Waals surface area contributed by atoms with Gasteiger partial charge in [0.15, 0.2) is 10.5 Å². The van der Waals surface area contributed by atoms with Crippen LogP contribution in [0.3, 0.4) is 0 Å². The Morgan fingerprint density at radius 2 is 2.36 bits per heavy atom. The number of aromatic amines is 1. The standard InChI is InChI=1S/C5H5N5S/c11-5-3-4(7-1-8-5)10-9-2-6-3/h1-2H,(H,6,9)(H2,7,8,10,11). The highest BCUT2D eigenvalue weighted by molar-refractivity contribution is 7.71. The summed E-state index contributed by atoms with van der Waals surface area (Å²) in [4.78, 5) is 10.7. The van der Waals surface area contributed by atoms with E-state index in [9.17, 15) is 0 Å². The van der Waals surface area contributed by atoms with E-state index in [4.69, 9.17) is 12.2 Å². The first-order valence-electron chi connectivity index (χ1n) is 3.00. The molecule has 0 amide bonds. The van der Waals surface area contributed by atoms with E-state index in [2.05, 4.69) is 25.8 Å². The predicted molar refractivity (Wildman–Crippen MR) is 44.3 cm³/mol. The number of aliphatic imine (C=N–C) groups is 1. The molecule has 1 aromatic heterocycles. The minimum atomic E-state index is 0.490. The number of nitrogens with one attached hydrogen (secondary N) is 3. The Bertz CT molecular complexity index is 354. The molecule has 5 nitrogen and oxygen atoms in total. The van der Waals surface area contributed by atoms with Crippen molar-refractivity contribution in [1.82, 2.24) is 15.4 Å². The van der Waals surface area contributed by atoms with Gasteiger partial charge in [-0.15, -0.1) is 0 Å². The van der Waals surface area contributed by atoms with Crippen molar-refractivity contribution in [1.29, 1.82) is 0 Å². The van der Waals surface area contributed by atoms with Crippen LogP contribution in [0.4, 0.5) is 11.5 Å². The lowest BCUT2D eigenvalue weighted by Crippen LogP contribution is -2.23. The van der Waals surface area contributed by atoms with Crippen molar-refractivity contribution in [2.45, 2.75) is 0 Å². The number of hydrazine groups is 1. The van der Waals surface area contributed by atoms with Crippen LogP contribution < -0.4 is 10.9 Å². The highest BCUT2D eigenvalue weighted by Crippen LogP contribution is 2.22. The van der Waals surface area contributed by atoms with Crippen LogP contribution in [0.15, 0.2) is 11.3 Å². The van der Waals surface area contributed by atoms with Gasteiger partial charge in [0.1, 0.15) is 12.0 Å². The van der Waals surface area contributed by atoms with Crippen molar-refractivity contribution in [3.8, 4) is 0 Å². The molecule has 0 saturated heterocycles. The summed E-state index contributed by atoms with van der Waals surface area (Å²) in [7, 11) is 0. The molecular formula is C5H5N5S. The van der Waals surface area contributed by atoms with Gasteiger partial charge in [-0.05, 0) is 0 Å². The topological polar surface area (TPSA) is 65.1 Å². The van der Waals surface area contributed by atoms with Crippen molar-refractivity contribution in [2.24, 2.45) is 4.99 Å². The second-order valence-corrected chi connectivity index (χ2v) is 2.35. The summed E-state index contributed by atoms with van der Waals surface area (Å²) in [5.74, 6) is 0.743. The van der Waals surface area contributed by atoms with Crippen LogP contribution in [0, 0.1) is 4.64 Å². The fourth-order valence-electron chi connectivity index (χ4n) is 0.808. The summed E-state index contributed by atoms with van der Waals surface area (Å²) in [6.45, 7) is 0. The third-order valence-electron chi connectivity index (χ3n) is 1.29. The monoisotopic (exact) mass is 167 g/mol. The molecule has 0 spiro atoms. The van der Waals surface area contributed by atoms with Gasteiger partial charge in [0.2, 0.25) is 0 Å². The van der Waals surface area contributed by atoms with E-state index in [1.54, 1.807) is 0 Å². The molecule has 2 heterocycles. The summed E-state index contributed by atoms with van der Waals surface area (Å²) in [6, 6.07) is 0. The molecule has 0 fully saturated rings. The summed E-state index contributed by atoms with van der Waals surface area (Å²) in [5.41, 5.74) is 6.23. The zero-order valence-electron chi connectivity index (χ0n) is 5.46. The first-order chi connectivity index (χ1) is 5.38. The molecule has 1 aliphatic rings. The van der Waals surface area contributed by atoms with Gasteiger partial charge in [-0.2, -0.15) is 0 Å². The second-order valence-electron chi connectivity index (χ2n) is 1.96. The van der Waals surface area contributed by atoms with E-state index in [1.807, 2.05) is 0 Å². The molecular weight excluding hydrogens is 162 g/mol. The van der Waals surface area contributed by atoms with Gasteiger partial charge in [-0.1, -0.05) is 12.2 Å². The lowest BCUT2D eigenvalue weighted by atomic mass is 10.5. The van der Waals surface area contributed by atoms with Crippen LogP contribution >= 0.6 is 12.2 Å². The van der Waals surface area contributed by atoms with Crippen LogP contribution in [0.2, 0.25) is 0 Å². The van der Waals surface area contributed by atoms with E-state index in [0.29, 0.717) is 10.3 Å². The molecule has 56 valence electrons. The maximum absolute atomic E-state index is 4.93. The smallest absolute Gasteiger partial charge is 0.157 e. The van der Waals surface area contributed by atoms with Crippen LogP contribution in [0.1, 0.15) is 0 Å². The molecule has 1 aliphatic heterocycles. The minimum Gasteiger partial charge on any atom is -0.330 e. The first-order valence-corrected chi connectivity index (χ1v) is 3.40. The Kier molecular flexibility index (Phi) is 1.32. The van der Waals surface area contributed by atoms with Crippen LogP contribution in [-0.4, -0.2) is 16.3 Å². The van der Waals surface area contributed by atoms with Gasteiger partial charge in [-0.3, -0.25) is 10.9 Å². The molecule has 0 aromatic carbocycles. The molecule has 0 saturated carbocycles. The Balaban J connectivity index is 2.70. The van der Waals surface area contributed by atoms with Crippen molar-refractivity contribution in [3.05, 3.63) is 11.0 Å². The molecule has 3 N–H and O–H groups in total. The summed E-state index contributed by atoms with van der Waals surface area (Å²) < 4.78 is 0.490. The second kappa shape index (κ2) is 2.31. The molecule has 6 heteroatoms. The zero-order chi connectivity index (χ0) is 7.68. The summed E-state index contributed by atoms with van der Waals surface area (Å²) in [5, 5.41) is 0. The van der Waals surface area contributed by atoms with Crippen molar-refractivity contribution in [3.63, 3.8) is 0 Å². The molecule has 0 bridgehead atoms. The number of rotatable bonds is 0. The van der Waals surface area contributed by atoms with Gasteiger partial charge in [-0.25, -0.2) is 9.98 Å². The lowest BCUT2D eigenvalue weighted by molar-refractivity contribution is 1.04. The van der Waals surface area contributed by atoms with Crippen LogP contribution in [-0.2, 0) is 0 Å². The zero-order valence-corrected chi connectivity index (χ0v) is 6.27. The Morgan fingerprint density at radius 3 is 3.18 bits per heavy atom. The molecule has 11 heavy (non-hydrogen) atoms. The Labute approximate surface area is 67.6 Å². The quantitative estimate of drug-likeness (QED) is 0.498. The highest BCUT2D eigenvalue weighted by atomic mass is 32.1. The maximum atomic E-state index is 4.93. The van der Waals surface area contributed by atoms with Gasteiger partial charge in [0.25, 0.3) is 0 Å². The Morgan fingerprint density at radius 1 is 1.45 bits per heavy atom. The van der Waals surface area contributed by atoms with Crippen molar-refractivity contribution >= 4 is 30.1 Å². The molecule has 0 aliphatic carbocycles. The highest BCUT2D eigenvalue weighted by Gasteiger charge is 2.05. The fourth-order valence-corrected chi connectivity index (χ4v) is 1.02. The number of hydrogen-bond acceptors (Lipinski definition) is 5. The predicted octanol–water partition coefficient (Wildman–Crippen LogP) is 0.729. The van der Waals surface area contributed by atoms with Gasteiger partial charge >= 0.3 is 0 Å². The largest absolute Gasteiger partial charge is 0.330 e. The van der Waals surface area contributed by atoms with E-state index < -0.39 is 0 Å². The first kappa shape index (κ1) is 6.29. The SMILES string of the molecule is S=c1nc[nH]c2c1N=CNN2. The molecule has 0 atom stereocenters. The third kappa shape index (κ3) is 0.966. The van der Waals surface area contributed by atoms with Gasteiger partial charge < -0.3 is 4.98 Å². The summed E-state index contributed by atoms with van der Waals surface area (Å²) in [6.07, 6.45) is 3.05. The normalized spacial score (nSPS) is 13.1. The fraction of sp³-hybridized carbons (Fsp3) is 0. The number of anilines is 1. The molecule has 0 unspecified atom stereocenters. The van der Waals surface area contributed by atoms with Crippen molar-refractivity contribution in [2.75, 3.05) is 5.43 Å². The van der Waals surface area contributed by atoms with Crippen LogP contribution in [0.25, 0.3) is 0 Å².